The molecule has 3 nitrogen and oxygen atoms in total. The van der Waals surface area contributed by atoms with Gasteiger partial charge in [0.25, 0.3) is 0 Å². The summed E-state index contributed by atoms with van der Waals surface area (Å²) in [5, 5.41) is 0. The number of hydrogen-bond acceptors (Lipinski definition) is 3. The van der Waals surface area contributed by atoms with Crippen molar-refractivity contribution in [3.8, 4) is 0 Å². The highest BCUT2D eigenvalue weighted by atomic mass is 127. The fourth-order valence-corrected chi connectivity index (χ4v) is 2.13. The van der Waals surface area contributed by atoms with Crippen molar-refractivity contribution in [2.45, 2.75) is 6.92 Å². The molecule has 0 bridgehead atoms. The number of aromatic nitrogens is 2. The Bertz CT molecular complexity index is 641. The Morgan fingerprint density at radius 3 is 2.79 bits per heavy atom. The summed E-state index contributed by atoms with van der Waals surface area (Å²) in [5.74, 6) is -0.473. The van der Waals surface area contributed by atoms with E-state index in [9.17, 15) is 9.18 Å². The molecule has 0 aliphatic heterocycles. The Morgan fingerprint density at radius 1 is 1.37 bits per heavy atom. The average Bonchev–Trinajstić information content (AvgIpc) is 2.42. The van der Waals surface area contributed by atoms with Crippen molar-refractivity contribution in [1.82, 2.24) is 9.97 Å². The molecule has 0 atom stereocenters. The quantitative estimate of drug-likeness (QED) is 0.473. The summed E-state index contributed by atoms with van der Waals surface area (Å²) in [4.78, 5) is 20.2. The Hall–Kier alpha value is -1.63. The normalized spacial score (nSPS) is 11.4. The molecule has 0 unspecified atom stereocenters. The topological polar surface area (TPSA) is 42.9 Å². The minimum absolute atomic E-state index is 0.158. The van der Waals surface area contributed by atoms with E-state index in [2.05, 4.69) is 9.97 Å². The molecule has 0 saturated carbocycles. The van der Waals surface area contributed by atoms with Crippen LogP contribution in [0.4, 0.5) is 4.39 Å². The molecule has 5 heteroatoms. The summed E-state index contributed by atoms with van der Waals surface area (Å²) < 4.78 is 13.7. The van der Waals surface area contributed by atoms with E-state index in [4.69, 9.17) is 0 Å². The molecule has 0 amide bonds. The van der Waals surface area contributed by atoms with E-state index in [1.54, 1.807) is 37.7 Å². The monoisotopic (exact) mass is 368 g/mol. The van der Waals surface area contributed by atoms with Gasteiger partial charge in [-0.15, -0.1) is 0 Å². The minimum Gasteiger partial charge on any atom is -0.288 e. The van der Waals surface area contributed by atoms with E-state index in [1.807, 2.05) is 22.6 Å². The van der Waals surface area contributed by atoms with E-state index in [-0.39, 0.29) is 11.6 Å². The van der Waals surface area contributed by atoms with Gasteiger partial charge < -0.3 is 0 Å². The first-order valence-electron chi connectivity index (χ1n) is 5.52. The summed E-state index contributed by atoms with van der Waals surface area (Å²) in [7, 11) is 0. The van der Waals surface area contributed by atoms with Gasteiger partial charge in [0, 0.05) is 18.0 Å². The van der Waals surface area contributed by atoms with Gasteiger partial charge in [0.1, 0.15) is 5.82 Å². The molecule has 19 heavy (non-hydrogen) atoms. The standard InChI is InChI=1S/C14H10FIN2O/c1-9-6-10(2-3-12(9)15)14(19)13(16)7-11-8-17-4-5-18-11/h2-8H,1H3. The molecule has 1 aromatic carbocycles. The number of carbonyl (C=O) groups excluding carboxylic acids is 1. The molecule has 1 aromatic heterocycles. The van der Waals surface area contributed by atoms with Crippen LogP contribution >= 0.6 is 22.6 Å². The van der Waals surface area contributed by atoms with Crippen LogP contribution in [-0.2, 0) is 0 Å². The van der Waals surface area contributed by atoms with Gasteiger partial charge in [-0.1, -0.05) is 0 Å². The van der Waals surface area contributed by atoms with Gasteiger partial charge in [0.15, 0.2) is 5.78 Å². The molecule has 2 aromatic rings. The Kier molecular flexibility index (Phi) is 4.36. The number of nitrogens with zero attached hydrogens (tertiary/aromatic N) is 2. The number of benzene rings is 1. The van der Waals surface area contributed by atoms with E-state index >= 15 is 0 Å². The highest BCUT2D eigenvalue weighted by Gasteiger charge is 2.11. The maximum atomic E-state index is 13.2. The number of Topliss-reactive ketones (excluding diaryl/α,β-unsaturated/α-hetero) is 1. The first-order valence-corrected chi connectivity index (χ1v) is 6.60. The summed E-state index contributed by atoms with van der Waals surface area (Å²) in [6.07, 6.45) is 6.34. The van der Waals surface area contributed by atoms with Crippen LogP contribution < -0.4 is 0 Å². The van der Waals surface area contributed by atoms with Gasteiger partial charge in [-0.25, -0.2) is 4.39 Å². The van der Waals surface area contributed by atoms with E-state index in [1.165, 1.54) is 12.1 Å². The molecule has 0 aliphatic rings. The third kappa shape index (κ3) is 3.44. The van der Waals surface area contributed by atoms with Crippen molar-refractivity contribution in [3.63, 3.8) is 0 Å². The zero-order valence-corrected chi connectivity index (χ0v) is 12.3. The molecular formula is C14H10FIN2O. The van der Waals surface area contributed by atoms with Crippen LogP contribution in [0.3, 0.4) is 0 Å². The third-order valence-electron chi connectivity index (χ3n) is 2.49. The Labute approximate surface area is 123 Å². The first-order chi connectivity index (χ1) is 9.08. The molecule has 96 valence electrons. The van der Waals surface area contributed by atoms with Crippen LogP contribution in [0.15, 0.2) is 40.4 Å². The predicted octanol–water partition coefficient (Wildman–Crippen LogP) is 3.58. The van der Waals surface area contributed by atoms with Crippen LogP contribution in [0, 0.1) is 12.7 Å². The number of hydrogen-bond donors (Lipinski definition) is 0. The van der Waals surface area contributed by atoms with Crippen molar-refractivity contribution in [3.05, 3.63) is 63.0 Å². The van der Waals surface area contributed by atoms with Crippen molar-refractivity contribution >= 4 is 34.5 Å². The number of rotatable bonds is 3. The van der Waals surface area contributed by atoms with Gasteiger partial charge in [0.05, 0.1) is 15.5 Å². The fraction of sp³-hybridized carbons (Fsp3) is 0.0714. The number of aryl methyl sites for hydroxylation is 1. The van der Waals surface area contributed by atoms with Gasteiger partial charge in [-0.3, -0.25) is 14.8 Å². The van der Waals surface area contributed by atoms with Crippen molar-refractivity contribution in [2.75, 3.05) is 0 Å². The average molecular weight is 368 g/mol. The van der Waals surface area contributed by atoms with Gasteiger partial charge in [-0.2, -0.15) is 0 Å². The van der Waals surface area contributed by atoms with E-state index in [0.29, 0.717) is 20.4 Å². The lowest BCUT2D eigenvalue weighted by Gasteiger charge is -2.02. The highest BCUT2D eigenvalue weighted by Crippen LogP contribution is 2.19. The van der Waals surface area contributed by atoms with Gasteiger partial charge in [-0.05, 0) is 59.4 Å². The molecule has 0 aliphatic carbocycles. The summed E-state index contributed by atoms with van der Waals surface area (Å²) in [5.41, 5.74) is 1.53. The van der Waals surface area contributed by atoms with Crippen LogP contribution in [0.2, 0.25) is 0 Å². The molecule has 0 saturated heterocycles. The lowest BCUT2D eigenvalue weighted by atomic mass is 10.1. The third-order valence-corrected chi connectivity index (χ3v) is 3.30. The SMILES string of the molecule is Cc1cc(C(=O)C(I)=Cc2cnccn2)ccc1F. The van der Waals surface area contributed by atoms with Crippen LogP contribution in [0.25, 0.3) is 6.08 Å². The van der Waals surface area contributed by atoms with E-state index in [0.717, 1.165) is 0 Å². The zero-order valence-electron chi connectivity index (χ0n) is 10.1. The highest BCUT2D eigenvalue weighted by molar-refractivity contribution is 14.1. The fourth-order valence-electron chi connectivity index (χ4n) is 1.50. The van der Waals surface area contributed by atoms with E-state index < -0.39 is 0 Å². The lowest BCUT2D eigenvalue weighted by Crippen LogP contribution is -2.00. The second-order valence-electron chi connectivity index (χ2n) is 3.92. The maximum Gasteiger partial charge on any atom is 0.199 e. The zero-order chi connectivity index (χ0) is 13.8. The predicted molar refractivity (Wildman–Crippen MR) is 79.5 cm³/mol. The smallest absolute Gasteiger partial charge is 0.199 e. The van der Waals surface area contributed by atoms with Gasteiger partial charge in [0.2, 0.25) is 0 Å². The Morgan fingerprint density at radius 2 is 2.16 bits per heavy atom. The van der Waals surface area contributed by atoms with Crippen molar-refractivity contribution < 1.29 is 9.18 Å². The van der Waals surface area contributed by atoms with Crippen LogP contribution in [0.5, 0.6) is 0 Å². The number of allylic oxidation sites excluding steroid dienone is 1. The number of halogens is 2. The molecule has 2 rings (SSSR count). The molecule has 0 spiro atoms. The van der Waals surface area contributed by atoms with Crippen LogP contribution in [0.1, 0.15) is 21.6 Å². The second-order valence-corrected chi connectivity index (χ2v) is 5.08. The van der Waals surface area contributed by atoms with Crippen molar-refractivity contribution in [2.24, 2.45) is 0 Å². The molecular weight excluding hydrogens is 358 g/mol. The molecule has 0 N–H and O–H groups in total. The number of carbonyl (C=O) groups is 1. The van der Waals surface area contributed by atoms with Crippen molar-refractivity contribution in [1.29, 1.82) is 0 Å². The Balaban J connectivity index is 2.28. The minimum atomic E-state index is -0.315. The lowest BCUT2D eigenvalue weighted by molar-refractivity contribution is 0.104. The molecule has 1 heterocycles. The second kappa shape index (κ2) is 6.01. The van der Waals surface area contributed by atoms with Crippen LogP contribution in [-0.4, -0.2) is 15.8 Å². The van der Waals surface area contributed by atoms with Gasteiger partial charge >= 0.3 is 0 Å². The summed E-state index contributed by atoms with van der Waals surface area (Å²) >= 11 is 1.94. The largest absolute Gasteiger partial charge is 0.288 e. The maximum absolute atomic E-state index is 13.2. The summed E-state index contributed by atoms with van der Waals surface area (Å²) in [6, 6.07) is 4.32. The number of ketones is 1. The first kappa shape index (κ1) is 13.8. The summed E-state index contributed by atoms with van der Waals surface area (Å²) in [6.45, 7) is 1.63. The molecule has 0 fully saturated rings. The molecule has 0 radical (unpaired) electrons.